The number of unbranched alkanes of at least 4 members (excludes halogenated alkanes) is 5. The van der Waals surface area contributed by atoms with Crippen LogP contribution in [0.5, 0.6) is 0 Å². The monoisotopic (exact) mass is 1150 g/mol. The van der Waals surface area contributed by atoms with Crippen LogP contribution in [0.2, 0.25) is 0 Å². The summed E-state index contributed by atoms with van der Waals surface area (Å²) >= 11 is 0. The van der Waals surface area contributed by atoms with Gasteiger partial charge >= 0.3 is 23.9 Å². The quantitative estimate of drug-likeness (QED) is 0.0228. The van der Waals surface area contributed by atoms with Gasteiger partial charge in [0.1, 0.15) is 18.8 Å². The second-order valence-corrected chi connectivity index (χ2v) is 19.8. The third-order valence-electron chi connectivity index (χ3n) is 12.5. The predicted molar refractivity (Wildman–Crippen MR) is 339 cm³/mol. The second kappa shape index (κ2) is 56.3. The largest absolute Gasteiger partial charge is 0.479 e. The average Bonchev–Trinajstić information content (AvgIpc) is 3.57. The number of esters is 3. The van der Waals surface area contributed by atoms with Crippen LogP contribution in [0.4, 0.5) is 0 Å². The Balaban J connectivity index is 2.79. The van der Waals surface area contributed by atoms with Gasteiger partial charge in [0.15, 0.2) is 24.6 Å². The number of hydrogen-bond acceptors (Lipinski definition) is 11. The predicted octanol–water partition coefficient (Wildman–Crippen LogP) is 16.4. The summed E-state index contributed by atoms with van der Waals surface area (Å²) in [5.74, 6) is -3.40. The molecule has 0 aliphatic carbocycles. The van der Waals surface area contributed by atoms with E-state index in [9.17, 15) is 34.5 Å². The van der Waals surface area contributed by atoms with Gasteiger partial charge in [-0.05, 0) is 128 Å². The van der Waals surface area contributed by atoms with Crippen molar-refractivity contribution in [1.82, 2.24) is 0 Å². The number of carboxylic acids is 1. The maximum Gasteiger partial charge on any atom is 0.335 e. The van der Waals surface area contributed by atoms with Gasteiger partial charge in [0.25, 0.3) is 0 Å². The number of aliphatic carboxylic acids is 1. The van der Waals surface area contributed by atoms with Crippen molar-refractivity contribution in [1.29, 1.82) is 0 Å². The zero-order valence-electron chi connectivity index (χ0n) is 50.6. The van der Waals surface area contributed by atoms with Crippen LogP contribution in [0.15, 0.2) is 182 Å². The minimum atomic E-state index is -1.95. The summed E-state index contributed by atoms with van der Waals surface area (Å²) in [5, 5.41) is 31.5. The van der Waals surface area contributed by atoms with E-state index in [1.165, 1.54) is 0 Å². The summed E-state index contributed by atoms with van der Waals surface area (Å²) in [4.78, 5) is 51.2. The molecule has 1 saturated heterocycles. The van der Waals surface area contributed by atoms with Crippen LogP contribution in [0, 0.1) is 0 Å². The first kappa shape index (κ1) is 74.8. The number of carboxylic acid groups (broad SMARTS) is 1. The fraction of sp³-hybridized carbons (Fsp3) is 0.521. The third-order valence-corrected chi connectivity index (χ3v) is 12.5. The highest BCUT2D eigenvalue weighted by molar-refractivity contribution is 5.74. The molecule has 0 amide bonds. The first-order valence-electron chi connectivity index (χ1n) is 30.8. The Morgan fingerprint density at radius 3 is 1.14 bits per heavy atom. The van der Waals surface area contributed by atoms with Crippen molar-refractivity contribution >= 4 is 23.9 Å². The molecule has 1 rings (SSSR count). The Bertz CT molecular complexity index is 2140. The summed E-state index contributed by atoms with van der Waals surface area (Å²) in [6, 6.07) is 0. The average molecular weight is 1150 g/mol. The molecule has 1 aliphatic heterocycles. The molecule has 0 spiro atoms. The van der Waals surface area contributed by atoms with Gasteiger partial charge in [-0.1, -0.05) is 222 Å². The molecule has 460 valence electrons. The lowest BCUT2D eigenvalue weighted by Gasteiger charge is -2.40. The molecule has 6 unspecified atom stereocenters. The molecular weight excluding hydrogens is 1040 g/mol. The van der Waals surface area contributed by atoms with E-state index in [4.69, 9.17) is 23.7 Å². The molecule has 3 N–H and O–H groups in total. The summed E-state index contributed by atoms with van der Waals surface area (Å²) in [6.07, 6.45) is 73.1. The van der Waals surface area contributed by atoms with E-state index < -0.39 is 67.3 Å². The summed E-state index contributed by atoms with van der Waals surface area (Å²) in [6.45, 7) is 5.52. The Labute approximate surface area is 500 Å². The highest BCUT2D eigenvalue weighted by Gasteiger charge is 2.50. The molecule has 1 fully saturated rings. The van der Waals surface area contributed by atoms with E-state index in [1.54, 1.807) is 0 Å². The number of aliphatic hydroxyl groups excluding tert-OH is 2. The number of allylic oxidation sites excluding steroid dienone is 30. The van der Waals surface area contributed by atoms with Crippen molar-refractivity contribution < 1.29 is 58.2 Å². The lowest BCUT2D eigenvalue weighted by Crippen LogP contribution is -2.61. The van der Waals surface area contributed by atoms with Crippen molar-refractivity contribution in [3.8, 4) is 0 Å². The molecule has 12 nitrogen and oxygen atoms in total. The lowest BCUT2D eigenvalue weighted by atomic mass is 9.98. The molecule has 0 saturated carbocycles. The smallest absolute Gasteiger partial charge is 0.335 e. The zero-order valence-corrected chi connectivity index (χ0v) is 50.6. The number of aliphatic hydroxyl groups is 2. The Morgan fingerprint density at radius 2 is 0.747 bits per heavy atom. The summed E-state index contributed by atoms with van der Waals surface area (Å²) in [7, 11) is 0. The second-order valence-electron chi connectivity index (χ2n) is 19.8. The molecule has 0 aromatic carbocycles. The topological polar surface area (TPSA) is 175 Å². The van der Waals surface area contributed by atoms with Gasteiger partial charge in [0.2, 0.25) is 0 Å². The Hall–Kier alpha value is -6.18. The van der Waals surface area contributed by atoms with Crippen molar-refractivity contribution in [3.63, 3.8) is 0 Å². The van der Waals surface area contributed by atoms with Gasteiger partial charge in [-0.3, -0.25) is 14.4 Å². The Morgan fingerprint density at radius 1 is 0.398 bits per heavy atom. The molecule has 12 heteroatoms. The number of carbonyl (C=O) groups is 4. The van der Waals surface area contributed by atoms with Gasteiger partial charge in [0, 0.05) is 19.3 Å². The van der Waals surface area contributed by atoms with Crippen molar-refractivity contribution in [2.24, 2.45) is 0 Å². The highest BCUT2D eigenvalue weighted by atomic mass is 16.7. The number of ether oxygens (including phenoxy) is 5. The van der Waals surface area contributed by atoms with Crippen LogP contribution in [0.25, 0.3) is 0 Å². The fourth-order valence-corrected chi connectivity index (χ4v) is 7.90. The van der Waals surface area contributed by atoms with E-state index >= 15 is 0 Å². The maximum atomic E-state index is 13.2. The standard InChI is InChI=1S/C71H104O12/c1-4-7-10-13-16-19-22-25-28-30-32-34-37-39-42-45-48-51-54-57-63(72)79-60-62(81-64(73)58-55-52-49-46-43-40-36-27-24-21-18-15-12-9-6-3)61-80-71-69(67(76)66(75)68(83-71)70(77)78)82-65(74)59-56-53-50-47-44-41-38-35-33-31-29-26-23-20-17-14-11-8-5-2/h7-12,16-21,25-29,32-36,39,41-42,44,48,50-51,53,62,66-69,71,75-76H,4-6,13-15,22-24,30-31,37-38,40,43,45-47,49,52,54-61H2,1-3H3,(H,77,78)/b10-7-,11-8-,12-9-,19-16-,20-17-,21-18-,28-25-,29-26-,34-32-,35-33-,36-27-,42-39-,44-41-,51-48-,53-50-. The SMILES string of the molecule is CC/C=C\C/C=C\C/C=C\C/C=C\C/C=C\C/C=C\CCC(=O)OCC(COC1OC(C(=O)O)C(O)C(O)C1OC(=O)CC/C=C\C/C=C\C/C=C\C/C=C\C/C=C\C/C=C\CC)OC(=O)CCCCCCC/C=C\C/C=C\C/C=C\CC. The molecular formula is C71H104O12. The fourth-order valence-electron chi connectivity index (χ4n) is 7.90. The molecule has 0 aromatic rings. The molecule has 83 heavy (non-hydrogen) atoms. The number of rotatable bonds is 49. The normalized spacial score (nSPS) is 18.9. The van der Waals surface area contributed by atoms with Gasteiger partial charge in [-0.15, -0.1) is 0 Å². The lowest BCUT2D eigenvalue weighted by molar-refractivity contribution is -0.301. The first-order valence-corrected chi connectivity index (χ1v) is 30.8. The van der Waals surface area contributed by atoms with Crippen molar-refractivity contribution in [2.75, 3.05) is 13.2 Å². The Kier molecular flexibility index (Phi) is 50.8. The molecule has 0 bridgehead atoms. The van der Waals surface area contributed by atoms with Crippen molar-refractivity contribution in [2.45, 2.75) is 225 Å². The van der Waals surface area contributed by atoms with Crippen LogP contribution < -0.4 is 0 Å². The van der Waals surface area contributed by atoms with Crippen LogP contribution in [0.3, 0.4) is 0 Å². The maximum absolute atomic E-state index is 13.2. The summed E-state index contributed by atoms with van der Waals surface area (Å²) < 4.78 is 28.3. The highest BCUT2D eigenvalue weighted by Crippen LogP contribution is 2.26. The molecule has 1 aliphatic rings. The first-order chi connectivity index (χ1) is 40.6. The van der Waals surface area contributed by atoms with Gasteiger partial charge in [-0.2, -0.15) is 0 Å². The van der Waals surface area contributed by atoms with E-state index in [0.29, 0.717) is 32.1 Å². The number of hydrogen-bond donors (Lipinski definition) is 3. The van der Waals surface area contributed by atoms with Crippen LogP contribution >= 0.6 is 0 Å². The van der Waals surface area contributed by atoms with Gasteiger partial charge < -0.3 is 39.0 Å². The van der Waals surface area contributed by atoms with Crippen molar-refractivity contribution in [3.05, 3.63) is 182 Å². The van der Waals surface area contributed by atoms with E-state index in [1.807, 2.05) is 30.4 Å². The van der Waals surface area contributed by atoms with E-state index in [2.05, 4.69) is 173 Å². The van der Waals surface area contributed by atoms with Crippen LogP contribution in [-0.4, -0.2) is 89.2 Å². The van der Waals surface area contributed by atoms with Crippen LogP contribution in [0.1, 0.15) is 188 Å². The van der Waals surface area contributed by atoms with Crippen LogP contribution in [-0.2, 0) is 42.9 Å². The van der Waals surface area contributed by atoms with Gasteiger partial charge in [0.05, 0.1) is 6.61 Å². The molecule has 0 aromatic heterocycles. The van der Waals surface area contributed by atoms with E-state index in [0.717, 1.165) is 116 Å². The minimum Gasteiger partial charge on any atom is -0.479 e. The zero-order chi connectivity index (χ0) is 60.3. The molecule has 6 atom stereocenters. The third kappa shape index (κ3) is 46.0. The number of carbonyl (C=O) groups excluding carboxylic acids is 3. The summed E-state index contributed by atoms with van der Waals surface area (Å²) in [5.41, 5.74) is 0. The van der Waals surface area contributed by atoms with E-state index in [-0.39, 0.29) is 25.9 Å². The molecule has 1 heterocycles. The van der Waals surface area contributed by atoms with Gasteiger partial charge in [-0.25, -0.2) is 4.79 Å². The minimum absolute atomic E-state index is 0.0696. The molecule has 0 radical (unpaired) electrons.